The highest BCUT2D eigenvalue weighted by Crippen LogP contribution is 2.48. The van der Waals surface area contributed by atoms with Crippen LogP contribution >= 0.6 is 21.6 Å². The molecule has 3 aliphatic rings. The van der Waals surface area contributed by atoms with E-state index in [1.54, 1.807) is 45.0 Å². The molecule has 9 rings (SSSR count). The van der Waals surface area contributed by atoms with Gasteiger partial charge in [-0.2, -0.15) is 0 Å². The number of aromatic amines is 3. The van der Waals surface area contributed by atoms with Gasteiger partial charge in [-0.1, -0.05) is 66.6 Å². The maximum Gasteiger partial charge on any atom is 0.327 e. The van der Waals surface area contributed by atoms with Crippen molar-refractivity contribution < 1.29 is 77.6 Å². The molecule has 0 fully saturated rings. The number of carbonyl (C=O) groups is 12. The summed E-state index contributed by atoms with van der Waals surface area (Å²) in [6, 6.07) is 9.41. The number of carboxylic acid groups (broad SMARTS) is 2. The highest BCUT2D eigenvalue weighted by molar-refractivity contribution is 8.76. The van der Waals surface area contributed by atoms with E-state index in [2.05, 4.69) is 70.3 Å². The maximum atomic E-state index is 14.5. The van der Waals surface area contributed by atoms with E-state index in [-0.39, 0.29) is 135 Å². The molecule has 0 saturated heterocycles. The quantitative estimate of drug-likeness (QED) is 0.00347. The second-order valence-corrected chi connectivity index (χ2v) is 31.3. The minimum Gasteiger partial charge on any atom is -0.481 e. The van der Waals surface area contributed by atoms with Crippen LogP contribution in [0.15, 0.2) is 53.5 Å². The number of H-pyrrole nitrogens is 3. The number of rotatable bonds is 41. The first-order valence-electron chi connectivity index (χ1n) is 37.8. The molecule has 113 heavy (non-hydrogen) atoms. The van der Waals surface area contributed by atoms with Gasteiger partial charge in [-0.15, -0.1) is 0 Å². The number of hydrogen-bond donors (Lipinski definition) is 13. The minimum atomic E-state index is -1.53. The molecule has 602 valence electrons. The van der Waals surface area contributed by atoms with Crippen LogP contribution in [0.5, 0.6) is 0 Å². The second-order valence-electron chi connectivity index (χ2n) is 28.7. The van der Waals surface area contributed by atoms with E-state index >= 15 is 0 Å². The number of aromatic nitrogens is 8. The van der Waals surface area contributed by atoms with Gasteiger partial charge < -0.3 is 67.3 Å². The fourth-order valence-corrected chi connectivity index (χ4v) is 16.6. The number of carbonyl (C=O) groups excluding carboxylic acids is 10. The van der Waals surface area contributed by atoms with Crippen LogP contribution in [0.3, 0.4) is 0 Å². The van der Waals surface area contributed by atoms with E-state index in [0.717, 1.165) is 45.0 Å². The fraction of sp³-hybridized carbons (Fsp3) is 0.481. The second kappa shape index (κ2) is 39.5. The van der Waals surface area contributed by atoms with E-state index in [4.69, 9.17) is 25.8 Å². The molecule has 4 amide bonds. The molecule has 1 aromatic carbocycles. The lowest BCUT2D eigenvalue weighted by Crippen LogP contribution is -2.48. The van der Waals surface area contributed by atoms with Crippen molar-refractivity contribution in [3.05, 3.63) is 132 Å². The molecule has 0 spiro atoms. The van der Waals surface area contributed by atoms with Crippen LogP contribution in [-0.4, -0.2) is 188 Å². The van der Waals surface area contributed by atoms with E-state index in [0.29, 0.717) is 85.6 Å². The lowest BCUT2D eigenvalue weighted by atomic mass is 9.83. The van der Waals surface area contributed by atoms with Crippen molar-refractivity contribution in [3.63, 3.8) is 0 Å². The number of Topliss-reactive ketones (excluding diaryl/α,β-unsaturated/α-hetero) is 5. The Morgan fingerprint density at radius 2 is 1.40 bits per heavy atom. The number of hydrogen-bond acceptors (Lipinski definition) is 23. The summed E-state index contributed by atoms with van der Waals surface area (Å²) in [5, 5.41) is 51.3. The van der Waals surface area contributed by atoms with Crippen molar-refractivity contribution in [1.82, 2.24) is 66.5 Å². The smallest absolute Gasteiger partial charge is 0.327 e. The highest BCUT2D eigenvalue weighted by Gasteiger charge is 2.45. The summed E-state index contributed by atoms with van der Waals surface area (Å²) in [4.78, 5) is 206. The zero-order chi connectivity index (χ0) is 82.1. The third-order valence-electron chi connectivity index (χ3n) is 20.8. The Kier molecular flexibility index (Phi) is 30.1. The van der Waals surface area contributed by atoms with Gasteiger partial charge in [0.2, 0.25) is 23.6 Å². The van der Waals surface area contributed by atoms with E-state index in [1.807, 2.05) is 32.0 Å². The van der Waals surface area contributed by atoms with Gasteiger partial charge in [-0.05, 0) is 121 Å². The van der Waals surface area contributed by atoms with Crippen molar-refractivity contribution in [1.29, 1.82) is 5.41 Å². The number of aliphatic hydroxyl groups excluding tert-OH is 1. The highest BCUT2D eigenvalue weighted by atomic mass is 33.1. The third kappa shape index (κ3) is 21.9. The van der Waals surface area contributed by atoms with Crippen LogP contribution in [0.25, 0.3) is 33.2 Å². The summed E-state index contributed by atoms with van der Waals surface area (Å²) in [6.07, 6.45) is 1.25. The fourth-order valence-electron chi connectivity index (χ4n) is 14.6. The maximum absolute atomic E-state index is 14.5. The zero-order valence-electron chi connectivity index (χ0n) is 64.4. The molecule has 5 aromatic heterocycles. The predicted octanol–water partition coefficient (Wildman–Crippen LogP) is 7.05. The topological polar surface area (TPSA) is 514 Å². The van der Waals surface area contributed by atoms with Crippen molar-refractivity contribution in [3.8, 4) is 0 Å². The number of ether oxygens (including phenoxy) is 1. The molecular formula is C79H97N15O17S2. The van der Waals surface area contributed by atoms with Gasteiger partial charge in [0.1, 0.15) is 31.0 Å². The van der Waals surface area contributed by atoms with E-state index in [1.165, 1.54) is 13.1 Å². The van der Waals surface area contributed by atoms with Crippen LogP contribution in [0, 0.1) is 38.0 Å². The lowest BCUT2D eigenvalue weighted by Gasteiger charge is -2.23. The number of carboxylic acids is 2. The number of aliphatic carboxylic acids is 2. The summed E-state index contributed by atoms with van der Waals surface area (Å²) >= 11 is 0. The van der Waals surface area contributed by atoms with Crippen LogP contribution in [0.1, 0.15) is 229 Å². The molecule has 34 heteroatoms. The average Bonchev–Trinajstić information content (AvgIpc) is 1.56. The molecule has 14 N–H and O–H groups in total. The number of nitrogens with zero attached hydrogens (tertiary/aromatic N) is 5. The van der Waals surface area contributed by atoms with E-state index in [9.17, 15) is 77.6 Å². The van der Waals surface area contributed by atoms with E-state index < -0.39 is 132 Å². The largest absolute Gasteiger partial charge is 0.481 e. The van der Waals surface area contributed by atoms with Crippen molar-refractivity contribution in [2.75, 3.05) is 44.4 Å². The van der Waals surface area contributed by atoms with Crippen molar-refractivity contribution in [2.24, 2.45) is 17.6 Å². The molecule has 7 heterocycles. The van der Waals surface area contributed by atoms with Gasteiger partial charge in [-0.25, -0.2) is 19.7 Å². The summed E-state index contributed by atoms with van der Waals surface area (Å²) in [5.74, 6) is -13.5. The Bertz CT molecular complexity index is 4920. The Hall–Kier alpha value is -10.9. The van der Waals surface area contributed by atoms with Gasteiger partial charge in [0.15, 0.2) is 46.0 Å². The number of nitrogens with two attached hydrogens (primary N) is 1. The molecule has 1 unspecified atom stereocenters. The normalized spacial score (nSPS) is 16.6. The summed E-state index contributed by atoms with van der Waals surface area (Å²) in [7, 11) is 2.19. The molecule has 2 aliphatic heterocycles. The van der Waals surface area contributed by atoms with Crippen LogP contribution < -0.4 is 37.9 Å². The zero-order valence-corrected chi connectivity index (χ0v) is 66.0. The Labute approximate surface area is 658 Å². The third-order valence-corrected chi connectivity index (χ3v) is 23.1. The first-order chi connectivity index (χ1) is 53.9. The van der Waals surface area contributed by atoms with Gasteiger partial charge in [0, 0.05) is 144 Å². The van der Waals surface area contributed by atoms with Gasteiger partial charge in [0.25, 0.3) is 5.56 Å². The Morgan fingerprint density at radius 1 is 0.699 bits per heavy atom. The monoisotopic (exact) mass is 1590 g/mol. The number of nitrogens with one attached hydrogen (secondary N) is 9. The van der Waals surface area contributed by atoms with Crippen molar-refractivity contribution >= 4 is 131 Å². The number of aryl methyl sites for hydroxylation is 5. The molecule has 6 aromatic rings. The first kappa shape index (κ1) is 86.1. The summed E-state index contributed by atoms with van der Waals surface area (Å²) < 4.78 is 5.41. The van der Waals surface area contributed by atoms with Crippen LogP contribution in [0.2, 0.25) is 0 Å². The Balaban J connectivity index is 0.745. The number of esters is 1. The Morgan fingerprint density at radius 3 is 2.09 bits per heavy atom. The standard InChI is InChI=1S/C79H97N15O17S2/c1-9-49-38(3)52-34-57-66(42(7)96)40(5)54(90-57)32-53-39(4)50(70(92-53)69-68(61(99)36-95)73(104)67-41(6)55(93-71(67)69)33-56(49)89-52)22-24-62(100)83-25-12-14-65(103)111-27-28-112-113-37-58(78(109)110)94-75(105)47(31-64(102)82-10-2)30-60(98)51(13-11-26-84-79(80)81)91-63(101)23-20-46(77(107)108)29-59(97)45-18-15-44(16-19-45)17-21-48-35-85-74-72(88-48)76(106)87-43(8)86-74/h15-16,18-19,32-35,38-39,46-47,49-51,58,68,90,93,95H,9-14,17,20-31,36-37H2,1-8H3,(H,82,102)(H,83,100)(H,91,101)(H,94,105)(H,107,108)(H,109,110)(H4,80,81,84)(H,85,86,87,106)/t38-,39+,46+,47+,49-,50+,51+,58+,68?/m1/s1. The molecule has 32 nitrogen and oxygen atoms in total. The number of aliphatic hydroxyl groups is 1. The molecule has 8 bridgehead atoms. The number of guanidine groups is 1. The molecule has 0 radical (unpaired) electrons. The van der Waals surface area contributed by atoms with Gasteiger partial charge >= 0.3 is 17.9 Å². The van der Waals surface area contributed by atoms with Crippen LogP contribution in [-0.2, 0) is 60.7 Å². The summed E-state index contributed by atoms with van der Waals surface area (Å²) in [6.45, 7) is 13.9. The van der Waals surface area contributed by atoms with Crippen LogP contribution in [0.4, 0.5) is 0 Å². The average molecular weight is 1590 g/mol. The molecule has 9 atom stereocenters. The first-order valence-corrected chi connectivity index (χ1v) is 40.3. The number of amides is 4. The van der Waals surface area contributed by atoms with Gasteiger partial charge in [-0.3, -0.25) is 72.9 Å². The van der Waals surface area contributed by atoms with Gasteiger partial charge in [0.05, 0.1) is 46.5 Å². The molecular weight excluding hydrogens is 1500 g/mol. The number of ketones is 5. The number of fused-ring (bicyclic) bond motifs is 9. The molecule has 1 aliphatic carbocycles. The minimum absolute atomic E-state index is 0.00212. The predicted molar refractivity (Wildman–Crippen MR) is 423 cm³/mol. The lowest BCUT2D eigenvalue weighted by molar-refractivity contribution is -0.143. The SMILES string of the molecule is CCNC(=O)C[C@H](CC(=O)[C@H](CCCNC(=N)N)NC(=O)CC[C@@H](CC(=O)c1ccc(CCc2cnc3nc(C)[nH]c(=O)c3n2)cc1)C(=O)O)C(=O)N[C@@H](CSSCCOC(=O)CCCNC(=O)CC[C@@H]1c2nc(cc3[nH]c(cc4nc(cc5[nH]c6c(c5C)C(=O)C(C(=O)CO)c26)[C@H](CC)[C@H]4C)c(C(C)=O)c3C)[C@H]1C)C(=O)O. The molecule has 0 saturated carbocycles. The van der Waals surface area contributed by atoms with Crippen molar-refractivity contribution in [2.45, 2.75) is 187 Å². The summed E-state index contributed by atoms with van der Waals surface area (Å²) in [5.41, 5.74) is 14.3. The number of benzene rings is 1.